The van der Waals surface area contributed by atoms with E-state index in [1.54, 1.807) is 0 Å². The lowest BCUT2D eigenvalue weighted by Crippen LogP contribution is -2.29. The van der Waals surface area contributed by atoms with Gasteiger partial charge in [0.25, 0.3) is 5.91 Å². The number of aryl methyl sites for hydroxylation is 1. The summed E-state index contributed by atoms with van der Waals surface area (Å²) in [6.07, 6.45) is 1.96. The zero-order valence-electron chi connectivity index (χ0n) is 12.4. The first-order chi connectivity index (χ1) is 10.1. The molecule has 0 aliphatic heterocycles. The van der Waals surface area contributed by atoms with Gasteiger partial charge in [-0.1, -0.05) is 65.7 Å². The number of nitrogens with one attached hydrogen (secondary N) is 1. The Hall–Kier alpha value is -1.61. The van der Waals surface area contributed by atoms with E-state index in [2.05, 4.69) is 40.3 Å². The zero-order valence-corrected chi connectivity index (χ0v) is 14.0. The third kappa shape index (κ3) is 4.18. The molecule has 0 aliphatic rings. The molecule has 0 heterocycles. The summed E-state index contributed by atoms with van der Waals surface area (Å²) in [5, 5.41) is 3.16. The normalized spacial score (nSPS) is 12.0. The monoisotopic (exact) mass is 345 g/mol. The Morgan fingerprint density at radius 2 is 1.90 bits per heavy atom. The molecule has 2 aromatic carbocycles. The lowest BCUT2D eigenvalue weighted by atomic mass is 10.0. The van der Waals surface area contributed by atoms with Gasteiger partial charge in [0.1, 0.15) is 0 Å². The van der Waals surface area contributed by atoms with E-state index in [1.807, 2.05) is 43.3 Å². The summed E-state index contributed by atoms with van der Waals surface area (Å²) in [6.45, 7) is 4.09. The van der Waals surface area contributed by atoms with Crippen LogP contribution < -0.4 is 5.32 Å². The van der Waals surface area contributed by atoms with Crippen LogP contribution in [0.5, 0.6) is 0 Å². The van der Waals surface area contributed by atoms with Crippen molar-refractivity contribution in [2.75, 3.05) is 0 Å². The molecule has 1 atom stereocenters. The van der Waals surface area contributed by atoms with Gasteiger partial charge in [0.15, 0.2) is 0 Å². The van der Waals surface area contributed by atoms with Gasteiger partial charge in [-0.3, -0.25) is 4.79 Å². The fourth-order valence-corrected chi connectivity index (χ4v) is 2.73. The molecule has 0 spiro atoms. The molecule has 2 aromatic rings. The van der Waals surface area contributed by atoms with Crippen molar-refractivity contribution in [3.05, 3.63) is 69.7 Å². The molecule has 0 saturated heterocycles. The molecule has 0 saturated carbocycles. The first-order valence-electron chi connectivity index (χ1n) is 7.23. The summed E-state index contributed by atoms with van der Waals surface area (Å²) >= 11 is 3.43. The van der Waals surface area contributed by atoms with Crippen LogP contribution in [0.15, 0.2) is 53.0 Å². The Morgan fingerprint density at radius 3 is 2.57 bits per heavy atom. The van der Waals surface area contributed by atoms with E-state index < -0.39 is 0 Å². The fourth-order valence-electron chi connectivity index (χ4n) is 2.37. The molecule has 0 radical (unpaired) electrons. The van der Waals surface area contributed by atoms with E-state index in [0.29, 0.717) is 0 Å². The van der Waals surface area contributed by atoms with Gasteiger partial charge in [-0.25, -0.2) is 0 Å². The van der Waals surface area contributed by atoms with Crippen molar-refractivity contribution in [1.82, 2.24) is 5.32 Å². The molecule has 2 rings (SSSR count). The number of hydrogen-bond donors (Lipinski definition) is 1. The maximum atomic E-state index is 12.5. The molecule has 2 nitrogen and oxygen atoms in total. The van der Waals surface area contributed by atoms with Crippen molar-refractivity contribution < 1.29 is 4.79 Å². The van der Waals surface area contributed by atoms with Crippen LogP contribution in [0, 0.1) is 6.92 Å². The summed E-state index contributed by atoms with van der Waals surface area (Å²) in [5.74, 6) is -0.0175. The Bertz CT molecular complexity index is 610. The second-order valence-electron chi connectivity index (χ2n) is 5.18. The Balaban J connectivity index is 2.20. The van der Waals surface area contributed by atoms with E-state index in [4.69, 9.17) is 0 Å². The van der Waals surface area contributed by atoms with Gasteiger partial charge in [-0.2, -0.15) is 0 Å². The minimum Gasteiger partial charge on any atom is -0.345 e. The van der Waals surface area contributed by atoms with Gasteiger partial charge < -0.3 is 5.32 Å². The van der Waals surface area contributed by atoms with E-state index in [9.17, 15) is 4.79 Å². The largest absolute Gasteiger partial charge is 0.345 e. The highest BCUT2D eigenvalue weighted by Gasteiger charge is 2.16. The molecule has 0 aromatic heterocycles. The highest BCUT2D eigenvalue weighted by molar-refractivity contribution is 9.10. The second-order valence-corrected chi connectivity index (χ2v) is 6.10. The van der Waals surface area contributed by atoms with E-state index in [0.717, 1.165) is 34.0 Å². The van der Waals surface area contributed by atoms with Crippen LogP contribution >= 0.6 is 15.9 Å². The lowest BCUT2D eigenvalue weighted by Gasteiger charge is -2.19. The first-order valence-corrected chi connectivity index (χ1v) is 8.03. The molecule has 0 fully saturated rings. The Kier molecular flexibility index (Phi) is 5.57. The molecule has 110 valence electrons. The van der Waals surface area contributed by atoms with E-state index in [-0.39, 0.29) is 11.9 Å². The predicted octanol–water partition coefficient (Wildman–Crippen LogP) is 5.03. The molecular formula is C18H20BrNO. The van der Waals surface area contributed by atoms with Gasteiger partial charge in [-0.05, 0) is 36.6 Å². The number of halogens is 1. The molecule has 1 amide bonds. The standard InChI is InChI=1S/C18H20BrNO/c1-3-7-17(14-8-5-4-6-9-14)20-18(21)16-12-15(19)11-10-13(16)2/h4-6,8-12,17H,3,7H2,1-2H3,(H,20,21). The average molecular weight is 346 g/mol. The van der Waals surface area contributed by atoms with Crippen molar-refractivity contribution in [2.45, 2.75) is 32.7 Å². The molecule has 21 heavy (non-hydrogen) atoms. The zero-order chi connectivity index (χ0) is 15.2. The van der Waals surface area contributed by atoms with Gasteiger partial charge >= 0.3 is 0 Å². The third-order valence-corrected chi connectivity index (χ3v) is 4.02. The number of rotatable bonds is 5. The minimum absolute atomic E-state index is 0.0175. The van der Waals surface area contributed by atoms with Gasteiger partial charge in [-0.15, -0.1) is 0 Å². The molecule has 1 unspecified atom stereocenters. The molecule has 0 bridgehead atoms. The summed E-state index contributed by atoms with van der Waals surface area (Å²) in [7, 11) is 0. The number of benzene rings is 2. The van der Waals surface area contributed by atoms with E-state index >= 15 is 0 Å². The average Bonchev–Trinajstić information content (AvgIpc) is 2.50. The van der Waals surface area contributed by atoms with Gasteiger partial charge in [0.05, 0.1) is 6.04 Å². The lowest BCUT2D eigenvalue weighted by molar-refractivity contribution is 0.0934. The molecule has 3 heteroatoms. The Morgan fingerprint density at radius 1 is 1.19 bits per heavy atom. The summed E-state index contributed by atoms with van der Waals surface area (Å²) in [6, 6.07) is 16.0. The number of hydrogen-bond acceptors (Lipinski definition) is 1. The minimum atomic E-state index is -0.0175. The van der Waals surface area contributed by atoms with Gasteiger partial charge in [0, 0.05) is 10.0 Å². The number of carbonyl (C=O) groups excluding carboxylic acids is 1. The quantitative estimate of drug-likeness (QED) is 0.808. The Labute approximate surface area is 134 Å². The van der Waals surface area contributed by atoms with Crippen LogP contribution in [0.3, 0.4) is 0 Å². The van der Waals surface area contributed by atoms with Crippen molar-refractivity contribution in [1.29, 1.82) is 0 Å². The molecule has 0 aliphatic carbocycles. The fraction of sp³-hybridized carbons (Fsp3) is 0.278. The van der Waals surface area contributed by atoms with Crippen LogP contribution in [0.4, 0.5) is 0 Å². The highest BCUT2D eigenvalue weighted by atomic mass is 79.9. The summed E-state index contributed by atoms with van der Waals surface area (Å²) in [4.78, 5) is 12.5. The SMILES string of the molecule is CCCC(NC(=O)c1cc(Br)ccc1C)c1ccccc1. The highest BCUT2D eigenvalue weighted by Crippen LogP contribution is 2.21. The van der Waals surface area contributed by atoms with Gasteiger partial charge in [0.2, 0.25) is 0 Å². The maximum Gasteiger partial charge on any atom is 0.252 e. The van der Waals surface area contributed by atoms with Crippen molar-refractivity contribution >= 4 is 21.8 Å². The van der Waals surface area contributed by atoms with Crippen LogP contribution in [0.2, 0.25) is 0 Å². The topological polar surface area (TPSA) is 29.1 Å². The summed E-state index contributed by atoms with van der Waals surface area (Å²) in [5.41, 5.74) is 2.86. The van der Waals surface area contributed by atoms with E-state index in [1.165, 1.54) is 0 Å². The van der Waals surface area contributed by atoms with Crippen LogP contribution in [-0.2, 0) is 0 Å². The second kappa shape index (κ2) is 7.41. The number of carbonyl (C=O) groups is 1. The van der Waals surface area contributed by atoms with Crippen LogP contribution in [0.25, 0.3) is 0 Å². The van der Waals surface area contributed by atoms with Crippen LogP contribution in [-0.4, -0.2) is 5.91 Å². The first kappa shape index (κ1) is 15.8. The van der Waals surface area contributed by atoms with Crippen LogP contribution in [0.1, 0.15) is 47.3 Å². The van der Waals surface area contributed by atoms with Crippen molar-refractivity contribution in [3.63, 3.8) is 0 Å². The third-order valence-electron chi connectivity index (χ3n) is 3.53. The molecule has 1 N–H and O–H groups in total. The van der Waals surface area contributed by atoms with Crippen molar-refractivity contribution in [2.24, 2.45) is 0 Å². The molecular weight excluding hydrogens is 326 g/mol. The summed E-state index contributed by atoms with van der Waals surface area (Å²) < 4.78 is 0.921. The smallest absolute Gasteiger partial charge is 0.252 e. The van der Waals surface area contributed by atoms with Crippen molar-refractivity contribution in [3.8, 4) is 0 Å². The predicted molar refractivity (Wildman–Crippen MR) is 90.4 cm³/mol. The maximum absolute atomic E-state index is 12.5. The number of amides is 1.